The molecule has 0 heterocycles. The number of hydrogen-bond donors (Lipinski definition) is 1. The molecule has 3 nitrogen and oxygen atoms in total. The van der Waals surface area contributed by atoms with Gasteiger partial charge >= 0.3 is 0 Å². The molecule has 0 bridgehead atoms. The average molecular weight is 324 g/mol. The van der Waals surface area contributed by atoms with E-state index in [4.69, 9.17) is 27.9 Å². The predicted molar refractivity (Wildman–Crippen MR) is 86.5 cm³/mol. The molecular formula is C16H15Cl2NO2. The van der Waals surface area contributed by atoms with E-state index in [1.165, 1.54) is 5.56 Å². The maximum absolute atomic E-state index is 11.8. The quantitative estimate of drug-likeness (QED) is 0.890. The lowest BCUT2D eigenvalue weighted by Crippen LogP contribution is -2.20. The van der Waals surface area contributed by atoms with Crippen LogP contribution in [0.3, 0.4) is 0 Å². The van der Waals surface area contributed by atoms with Crippen LogP contribution in [0.1, 0.15) is 11.1 Å². The first kappa shape index (κ1) is 15.7. The topological polar surface area (TPSA) is 38.3 Å². The Morgan fingerprint density at radius 1 is 1.05 bits per heavy atom. The first-order chi connectivity index (χ1) is 9.95. The van der Waals surface area contributed by atoms with Gasteiger partial charge in [0.05, 0.1) is 10.0 Å². The van der Waals surface area contributed by atoms with E-state index in [0.29, 0.717) is 21.5 Å². The average Bonchev–Trinajstić information content (AvgIpc) is 2.44. The molecule has 0 atom stereocenters. The number of ether oxygens (including phenoxy) is 1. The van der Waals surface area contributed by atoms with Gasteiger partial charge in [0.25, 0.3) is 5.91 Å². The van der Waals surface area contributed by atoms with Crippen molar-refractivity contribution in [1.29, 1.82) is 0 Å². The fourth-order valence-corrected chi connectivity index (χ4v) is 2.02. The number of carbonyl (C=O) groups excluding carboxylic acids is 1. The number of carbonyl (C=O) groups is 1. The number of halogens is 2. The van der Waals surface area contributed by atoms with Crippen molar-refractivity contribution < 1.29 is 9.53 Å². The molecule has 1 N–H and O–H groups in total. The molecule has 21 heavy (non-hydrogen) atoms. The van der Waals surface area contributed by atoms with Crippen LogP contribution < -0.4 is 10.1 Å². The highest BCUT2D eigenvalue weighted by Crippen LogP contribution is 2.25. The van der Waals surface area contributed by atoms with Crippen LogP contribution in [0.15, 0.2) is 36.4 Å². The highest BCUT2D eigenvalue weighted by Gasteiger charge is 2.06. The molecule has 0 spiro atoms. The molecule has 0 aliphatic carbocycles. The van der Waals surface area contributed by atoms with Crippen LogP contribution in [0.25, 0.3) is 0 Å². The van der Waals surface area contributed by atoms with Crippen LogP contribution in [0, 0.1) is 13.8 Å². The fourth-order valence-electron chi connectivity index (χ4n) is 1.72. The molecule has 2 rings (SSSR count). The molecule has 5 heteroatoms. The molecular weight excluding hydrogens is 309 g/mol. The Hall–Kier alpha value is -1.71. The van der Waals surface area contributed by atoms with Gasteiger partial charge in [0, 0.05) is 5.69 Å². The summed E-state index contributed by atoms with van der Waals surface area (Å²) >= 11 is 11.7. The van der Waals surface area contributed by atoms with Crippen LogP contribution in [0.2, 0.25) is 10.0 Å². The molecule has 0 unspecified atom stereocenters. The third kappa shape index (κ3) is 4.38. The van der Waals surface area contributed by atoms with Gasteiger partial charge in [0.1, 0.15) is 5.75 Å². The summed E-state index contributed by atoms with van der Waals surface area (Å²) in [5.41, 5.74) is 2.89. The minimum absolute atomic E-state index is 0.0667. The Labute approximate surface area is 133 Å². The van der Waals surface area contributed by atoms with Gasteiger partial charge in [-0.1, -0.05) is 29.3 Å². The van der Waals surface area contributed by atoms with E-state index in [2.05, 4.69) is 5.32 Å². The molecule has 2 aromatic rings. The molecule has 2 aromatic carbocycles. The molecule has 0 radical (unpaired) electrons. The Kier molecular flexibility index (Phi) is 5.10. The molecule has 0 aromatic heterocycles. The fraction of sp³-hybridized carbons (Fsp3) is 0.188. The summed E-state index contributed by atoms with van der Waals surface area (Å²) in [6.45, 7) is 3.96. The number of benzene rings is 2. The zero-order valence-electron chi connectivity index (χ0n) is 11.7. The van der Waals surface area contributed by atoms with Crippen molar-refractivity contribution in [2.75, 3.05) is 11.9 Å². The Morgan fingerprint density at radius 3 is 2.48 bits per heavy atom. The zero-order chi connectivity index (χ0) is 15.4. The minimum atomic E-state index is -0.258. The van der Waals surface area contributed by atoms with E-state index < -0.39 is 0 Å². The van der Waals surface area contributed by atoms with E-state index in [0.717, 1.165) is 5.56 Å². The number of anilines is 1. The van der Waals surface area contributed by atoms with Gasteiger partial charge in [-0.15, -0.1) is 0 Å². The first-order valence-electron chi connectivity index (χ1n) is 6.40. The van der Waals surface area contributed by atoms with Crippen molar-refractivity contribution in [3.63, 3.8) is 0 Å². The van der Waals surface area contributed by atoms with E-state index in [-0.39, 0.29) is 12.5 Å². The second kappa shape index (κ2) is 6.83. The van der Waals surface area contributed by atoms with Gasteiger partial charge in [0.2, 0.25) is 0 Å². The standard InChI is InChI=1S/C16H15Cl2NO2/c1-10-3-5-13(7-11(10)2)21-9-16(20)19-12-4-6-14(17)15(18)8-12/h3-8H,9H2,1-2H3,(H,19,20). The highest BCUT2D eigenvalue weighted by molar-refractivity contribution is 6.42. The second-order valence-electron chi connectivity index (χ2n) is 4.71. The Bertz CT molecular complexity index is 671. The summed E-state index contributed by atoms with van der Waals surface area (Å²) in [7, 11) is 0. The van der Waals surface area contributed by atoms with Gasteiger partial charge < -0.3 is 10.1 Å². The lowest BCUT2D eigenvalue weighted by molar-refractivity contribution is -0.118. The third-order valence-electron chi connectivity index (χ3n) is 3.05. The van der Waals surface area contributed by atoms with Gasteiger partial charge in [-0.3, -0.25) is 4.79 Å². The predicted octanol–water partition coefficient (Wildman–Crippen LogP) is 4.63. The molecule has 1 amide bonds. The lowest BCUT2D eigenvalue weighted by atomic mass is 10.1. The number of amides is 1. The normalized spacial score (nSPS) is 10.3. The Morgan fingerprint density at radius 2 is 1.81 bits per heavy atom. The van der Waals surface area contributed by atoms with Crippen molar-refractivity contribution in [3.05, 3.63) is 57.6 Å². The molecule has 0 saturated carbocycles. The summed E-state index contributed by atoms with van der Waals surface area (Å²) in [5, 5.41) is 3.54. The number of rotatable bonds is 4. The van der Waals surface area contributed by atoms with Crippen LogP contribution in [0.4, 0.5) is 5.69 Å². The summed E-state index contributed by atoms with van der Waals surface area (Å²) in [4.78, 5) is 11.8. The summed E-state index contributed by atoms with van der Waals surface area (Å²) in [6, 6.07) is 10.6. The van der Waals surface area contributed by atoms with Gasteiger partial charge in [-0.2, -0.15) is 0 Å². The van der Waals surface area contributed by atoms with Gasteiger partial charge in [0.15, 0.2) is 6.61 Å². The van der Waals surface area contributed by atoms with Crippen LogP contribution in [-0.4, -0.2) is 12.5 Å². The number of nitrogens with one attached hydrogen (secondary N) is 1. The Balaban J connectivity index is 1.92. The first-order valence-corrected chi connectivity index (χ1v) is 7.16. The third-order valence-corrected chi connectivity index (χ3v) is 3.79. The van der Waals surface area contributed by atoms with Crippen LogP contribution >= 0.6 is 23.2 Å². The summed E-state index contributed by atoms with van der Waals surface area (Å²) in [6.07, 6.45) is 0. The molecule has 110 valence electrons. The lowest BCUT2D eigenvalue weighted by Gasteiger charge is -2.09. The van der Waals surface area contributed by atoms with Gasteiger partial charge in [-0.25, -0.2) is 0 Å². The SMILES string of the molecule is Cc1ccc(OCC(=O)Nc2ccc(Cl)c(Cl)c2)cc1C. The van der Waals surface area contributed by atoms with Crippen molar-refractivity contribution in [2.24, 2.45) is 0 Å². The summed E-state index contributed by atoms with van der Waals surface area (Å²) < 4.78 is 5.46. The van der Waals surface area contributed by atoms with Crippen LogP contribution in [-0.2, 0) is 4.79 Å². The second-order valence-corrected chi connectivity index (χ2v) is 5.53. The molecule has 0 fully saturated rings. The van der Waals surface area contributed by atoms with E-state index in [1.807, 2.05) is 32.0 Å². The molecule has 0 aliphatic heterocycles. The monoisotopic (exact) mass is 323 g/mol. The zero-order valence-corrected chi connectivity index (χ0v) is 13.3. The van der Waals surface area contributed by atoms with Gasteiger partial charge in [-0.05, 0) is 55.3 Å². The number of aryl methyl sites for hydroxylation is 2. The molecule has 0 saturated heterocycles. The van der Waals surface area contributed by atoms with Crippen molar-refractivity contribution >= 4 is 34.8 Å². The van der Waals surface area contributed by atoms with E-state index in [1.54, 1.807) is 18.2 Å². The molecule has 0 aliphatic rings. The van der Waals surface area contributed by atoms with Crippen molar-refractivity contribution in [1.82, 2.24) is 0 Å². The minimum Gasteiger partial charge on any atom is -0.484 e. The number of hydrogen-bond acceptors (Lipinski definition) is 2. The van der Waals surface area contributed by atoms with Crippen molar-refractivity contribution in [2.45, 2.75) is 13.8 Å². The highest BCUT2D eigenvalue weighted by atomic mass is 35.5. The smallest absolute Gasteiger partial charge is 0.262 e. The maximum atomic E-state index is 11.8. The maximum Gasteiger partial charge on any atom is 0.262 e. The van der Waals surface area contributed by atoms with Crippen molar-refractivity contribution in [3.8, 4) is 5.75 Å². The largest absolute Gasteiger partial charge is 0.484 e. The van der Waals surface area contributed by atoms with Crippen LogP contribution in [0.5, 0.6) is 5.75 Å². The summed E-state index contributed by atoms with van der Waals surface area (Å²) in [5.74, 6) is 0.411. The van der Waals surface area contributed by atoms with E-state index >= 15 is 0 Å². The van der Waals surface area contributed by atoms with E-state index in [9.17, 15) is 4.79 Å².